The third kappa shape index (κ3) is 34.7. The molecule has 232 valence electrons. The van der Waals surface area contributed by atoms with Gasteiger partial charge in [0.25, 0.3) is 0 Å². The summed E-state index contributed by atoms with van der Waals surface area (Å²) in [5, 5.41) is 0. The molecule has 0 aromatic heterocycles. The van der Waals surface area contributed by atoms with Crippen LogP contribution in [0.25, 0.3) is 0 Å². The predicted molar refractivity (Wildman–Crippen MR) is 141 cm³/mol. The molecule has 0 unspecified atom stereocenters. The number of rotatable bonds is 34. The SMILES string of the molecule is C=CC(=O)OCCOCCOCCOCCOCCOCCOCCOCCOCCOCCOCCOC. The number of carbonyl (C=O) groups is 1. The molecule has 0 bridgehead atoms. The molecule has 39 heavy (non-hydrogen) atoms. The van der Waals surface area contributed by atoms with Crippen LogP contribution in [0.2, 0.25) is 0 Å². The molecule has 0 amide bonds. The molecular weight excluding hydrogens is 520 g/mol. The first-order valence-corrected chi connectivity index (χ1v) is 13.4. The lowest BCUT2D eigenvalue weighted by atomic mass is 10.6. The molecular formula is C26H50O13. The van der Waals surface area contributed by atoms with Crippen LogP contribution in [-0.4, -0.2) is 158 Å². The maximum Gasteiger partial charge on any atom is 0.330 e. The van der Waals surface area contributed by atoms with Crippen molar-refractivity contribution in [3.63, 3.8) is 0 Å². The minimum atomic E-state index is -0.458. The molecule has 13 heteroatoms. The van der Waals surface area contributed by atoms with E-state index < -0.39 is 5.97 Å². The Kier molecular flexibility index (Phi) is 33.7. The normalized spacial score (nSPS) is 11.2. The molecule has 0 aliphatic heterocycles. The van der Waals surface area contributed by atoms with Gasteiger partial charge < -0.3 is 56.8 Å². The van der Waals surface area contributed by atoms with Gasteiger partial charge in [0.15, 0.2) is 0 Å². The summed E-state index contributed by atoms with van der Waals surface area (Å²) >= 11 is 0. The Morgan fingerprint density at radius 3 is 0.821 bits per heavy atom. The van der Waals surface area contributed by atoms with E-state index in [-0.39, 0.29) is 6.61 Å². The summed E-state index contributed by atoms with van der Waals surface area (Å²) < 4.78 is 63.5. The number of methoxy groups -OCH3 is 1. The van der Waals surface area contributed by atoms with Crippen molar-refractivity contribution in [3.05, 3.63) is 12.7 Å². The van der Waals surface area contributed by atoms with Crippen LogP contribution in [0.5, 0.6) is 0 Å². The summed E-state index contributed by atoms with van der Waals surface area (Å²) in [4.78, 5) is 10.8. The highest BCUT2D eigenvalue weighted by molar-refractivity contribution is 5.81. The Balaban J connectivity index is 3.04. The zero-order valence-corrected chi connectivity index (χ0v) is 23.6. The minimum absolute atomic E-state index is 0.200. The highest BCUT2D eigenvalue weighted by Gasteiger charge is 1.97. The van der Waals surface area contributed by atoms with Gasteiger partial charge in [-0.3, -0.25) is 0 Å². The van der Waals surface area contributed by atoms with E-state index in [0.717, 1.165) is 6.08 Å². The van der Waals surface area contributed by atoms with Gasteiger partial charge in [-0.05, 0) is 0 Å². The minimum Gasteiger partial charge on any atom is -0.460 e. The van der Waals surface area contributed by atoms with Gasteiger partial charge in [-0.15, -0.1) is 0 Å². The molecule has 0 aromatic carbocycles. The van der Waals surface area contributed by atoms with Crippen molar-refractivity contribution >= 4 is 5.97 Å². The molecule has 0 atom stereocenters. The van der Waals surface area contributed by atoms with Gasteiger partial charge in [0.1, 0.15) is 6.61 Å². The van der Waals surface area contributed by atoms with E-state index >= 15 is 0 Å². The van der Waals surface area contributed by atoms with Crippen molar-refractivity contribution in [3.8, 4) is 0 Å². The standard InChI is InChI=1S/C26H50O13/c1-3-26(27)39-25-24-38-23-22-37-21-20-36-19-18-35-17-16-34-15-14-33-13-12-32-11-10-31-9-8-30-7-6-29-5-4-28-2/h3H,1,4-25H2,2H3. The van der Waals surface area contributed by atoms with Crippen molar-refractivity contribution in [1.29, 1.82) is 0 Å². The second-order valence-electron chi connectivity index (χ2n) is 7.49. The topological polar surface area (TPSA) is 128 Å². The van der Waals surface area contributed by atoms with Gasteiger partial charge in [0, 0.05) is 13.2 Å². The van der Waals surface area contributed by atoms with Gasteiger partial charge >= 0.3 is 5.97 Å². The molecule has 0 saturated heterocycles. The fraction of sp³-hybridized carbons (Fsp3) is 0.885. The maximum absolute atomic E-state index is 10.8. The van der Waals surface area contributed by atoms with Crippen LogP contribution >= 0.6 is 0 Å². The molecule has 0 aromatic rings. The van der Waals surface area contributed by atoms with E-state index in [1.54, 1.807) is 7.11 Å². The van der Waals surface area contributed by atoms with Crippen LogP contribution in [0.3, 0.4) is 0 Å². The highest BCUT2D eigenvalue weighted by Crippen LogP contribution is 1.87. The molecule has 0 rings (SSSR count). The third-order valence-electron chi connectivity index (χ3n) is 4.42. The molecule has 13 nitrogen and oxygen atoms in total. The van der Waals surface area contributed by atoms with Crippen molar-refractivity contribution in [2.24, 2.45) is 0 Å². The zero-order chi connectivity index (χ0) is 28.3. The predicted octanol–water partition coefficient (Wildman–Crippen LogP) is 0.528. The van der Waals surface area contributed by atoms with E-state index in [1.807, 2.05) is 0 Å². The van der Waals surface area contributed by atoms with Crippen molar-refractivity contribution < 1.29 is 61.6 Å². The summed E-state index contributed by atoms with van der Waals surface area (Å²) in [5.41, 5.74) is 0. The summed E-state index contributed by atoms with van der Waals surface area (Å²) in [6, 6.07) is 0. The molecule has 0 heterocycles. The summed E-state index contributed by atoms with van der Waals surface area (Å²) in [6.45, 7) is 14.0. The lowest BCUT2D eigenvalue weighted by Crippen LogP contribution is -2.15. The zero-order valence-electron chi connectivity index (χ0n) is 23.6. The molecule has 0 radical (unpaired) electrons. The van der Waals surface area contributed by atoms with Crippen LogP contribution in [0, 0.1) is 0 Å². The first kappa shape index (κ1) is 37.8. The van der Waals surface area contributed by atoms with Crippen LogP contribution in [-0.2, 0) is 61.6 Å². The summed E-state index contributed by atoms with van der Waals surface area (Å²) in [5.74, 6) is -0.458. The average molecular weight is 571 g/mol. The van der Waals surface area contributed by atoms with Crippen LogP contribution in [0.4, 0.5) is 0 Å². The lowest BCUT2D eigenvalue weighted by molar-refractivity contribution is -0.139. The quantitative estimate of drug-likeness (QED) is 0.0607. The second kappa shape index (κ2) is 34.8. The van der Waals surface area contributed by atoms with E-state index in [4.69, 9.17) is 56.8 Å². The van der Waals surface area contributed by atoms with Crippen LogP contribution < -0.4 is 0 Å². The van der Waals surface area contributed by atoms with E-state index in [0.29, 0.717) is 139 Å². The fourth-order valence-corrected chi connectivity index (χ4v) is 2.48. The van der Waals surface area contributed by atoms with Crippen molar-refractivity contribution in [2.45, 2.75) is 0 Å². The molecule has 0 aliphatic rings. The van der Waals surface area contributed by atoms with Gasteiger partial charge in [0.05, 0.1) is 139 Å². The lowest BCUT2D eigenvalue weighted by Gasteiger charge is -2.09. The first-order chi connectivity index (χ1) is 19.3. The third-order valence-corrected chi connectivity index (χ3v) is 4.42. The maximum atomic E-state index is 10.8. The van der Waals surface area contributed by atoms with E-state index in [1.165, 1.54) is 0 Å². The number of hydrogen-bond acceptors (Lipinski definition) is 13. The molecule has 0 spiro atoms. The Labute approximate surface area is 233 Å². The fourth-order valence-electron chi connectivity index (χ4n) is 2.48. The van der Waals surface area contributed by atoms with E-state index in [9.17, 15) is 4.79 Å². The van der Waals surface area contributed by atoms with Gasteiger partial charge in [0.2, 0.25) is 0 Å². The van der Waals surface area contributed by atoms with Crippen molar-refractivity contribution in [1.82, 2.24) is 0 Å². The number of esters is 1. The molecule has 0 N–H and O–H groups in total. The Bertz CT molecular complexity index is 496. The molecule has 0 fully saturated rings. The highest BCUT2D eigenvalue weighted by atomic mass is 16.6. The number of hydrogen-bond donors (Lipinski definition) is 0. The number of ether oxygens (including phenoxy) is 12. The Morgan fingerprint density at radius 2 is 0.615 bits per heavy atom. The van der Waals surface area contributed by atoms with Crippen molar-refractivity contribution in [2.75, 3.05) is 152 Å². The molecule has 0 aliphatic carbocycles. The smallest absolute Gasteiger partial charge is 0.330 e. The molecule has 0 saturated carbocycles. The van der Waals surface area contributed by atoms with Gasteiger partial charge in [-0.1, -0.05) is 6.58 Å². The summed E-state index contributed by atoms with van der Waals surface area (Å²) in [6.07, 6.45) is 1.11. The van der Waals surface area contributed by atoms with E-state index in [2.05, 4.69) is 6.58 Å². The second-order valence-corrected chi connectivity index (χ2v) is 7.49. The van der Waals surface area contributed by atoms with Crippen LogP contribution in [0.1, 0.15) is 0 Å². The Morgan fingerprint density at radius 1 is 0.410 bits per heavy atom. The number of carbonyl (C=O) groups excluding carboxylic acids is 1. The largest absolute Gasteiger partial charge is 0.460 e. The average Bonchev–Trinajstić information content (AvgIpc) is 2.95. The Hall–Kier alpha value is -1.23. The van der Waals surface area contributed by atoms with Gasteiger partial charge in [-0.25, -0.2) is 4.79 Å². The first-order valence-electron chi connectivity index (χ1n) is 13.4. The monoisotopic (exact) mass is 570 g/mol. The van der Waals surface area contributed by atoms with Crippen LogP contribution in [0.15, 0.2) is 12.7 Å². The van der Waals surface area contributed by atoms with Gasteiger partial charge in [-0.2, -0.15) is 0 Å². The summed E-state index contributed by atoms with van der Waals surface area (Å²) in [7, 11) is 1.64.